The summed E-state index contributed by atoms with van der Waals surface area (Å²) in [4.78, 5) is 18.2. The molecule has 55 heavy (non-hydrogen) atoms. The van der Waals surface area contributed by atoms with Gasteiger partial charge in [0.05, 0.1) is 16.6 Å². The van der Waals surface area contributed by atoms with Crippen LogP contribution in [-0.2, 0) is 7.05 Å². The maximum Gasteiger partial charge on any atom is 0.334 e. The van der Waals surface area contributed by atoms with E-state index in [4.69, 9.17) is 4.98 Å². The fourth-order valence-electron chi connectivity index (χ4n) is 8.62. The molecule has 0 aliphatic rings. The number of aromatic nitrogens is 3. The van der Waals surface area contributed by atoms with Gasteiger partial charge in [-0.05, 0) is 107 Å². The second-order valence-corrected chi connectivity index (χ2v) is 14.4. The van der Waals surface area contributed by atoms with E-state index < -0.39 is 0 Å². The van der Waals surface area contributed by atoms with Gasteiger partial charge in [0.25, 0.3) is 0 Å². The molecule has 9 aromatic carbocycles. The molecule has 0 radical (unpaired) electrons. The minimum absolute atomic E-state index is 0.0984. The summed E-state index contributed by atoms with van der Waals surface area (Å²) in [6.45, 7) is 0. The minimum Gasteiger partial charge on any atom is -0.296 e. The summed E-state index contributed by atoms with van der Waals surface area (Å²) in [6.07, 6.45) is 0. The third-order valence-corrected chi connectivity index (χ3v) is 11.3. The molecule has 0 N–H and O–H groups in total. The SMILES string of the molecule is Cn1c(=O)n2c3ccccc3nc2c2cc(-c3ccc(-c4ccc(-c5c6ccccc6c(-c6ccc7ccccc7c6)c6ccccc56)cc4)cc3)ccc21. The molecule has 2 aromatic heterocycles. The number of hydrogen-bond donors (Lipinski definition) is 0. The van der Waals surface area contributed by atoms with Crippen LogP contribution in [0.4, 0.5) is 0 Å². The van der Waals surface area contributed by atoms with Crippen LogP contribution in [0.3, 0.4) is 0 Å². The number of rotatable bonds is 4. The van der Waals surface area contributed by atoms with Crippen molar-refractivity contribution in [2.75, 3.05) is 0 Å². The first kappa shape index (κ1) is 31.2. The highest BCUT2D eigenvalue weighted by Gasteiger charge is 2.18. The van der Waals surface area contributed by atoms with Crippen LogP contribution < -0.4 is 5.69 Å². The zero-order chi connectivity index (χ0) is 36.6. The first-order valence-electron chi connectivity index (χ1n) is 18.6. The summed E-state index contributed by atoms with van der Waals surface area (Å²) in [5.74, 6) is 0. The van der Waals surface area contributed by atoms with E-state index in [-0.39, 0.29) is 5.69 Å². The number of para-hydroxylation sites is 2. The molecule has 2 heterocycles. The molecule has 0 aliphatic carbocycles. The smallest absolute Gasteiger partial charge is 0.296 e. The van der Waals surface area contributed by atoms with E-state index >= 15 is 0 Å². The van der Waals surface area contributed by atoms with E-state index in [2.05, 4.69) is 152 Å². The van der Waals surface area contributed by atoms with Crippen LogP contribution in [-0.4, -0.2) is 14.0 Å². The number of imidazole rings is 1. The van der Waals surface area contributed by atoms with E-state index in [0.29, 0.717) is 5.65 Å². The Labute approximate surface area is 316 Å². The Morgan fingerprint density at radius 1 is 0.400 bits per heavy atom. The van der Waals surface area contributed by atoms with Gasteiger partial charge in [-0.15, -0.1) is 0 Å². The summed E-state index contributed by atoms with van der Waals surface area (Å²) < 4.78 is 3.43. The van der Waals surface area contributed by atoms with Crippen LogP contribution in [0.5, 0.6) is 0 Å². The molecule has 0 amide bonds. The molecular formula is C51H33N3O. The Morgan fingerprint density at radius 2 is 0.891 bits per heavy atom. The Bertz CT molecular complexity index is 3330. The average Bonchev–Trinajstić information content (AvgIpc) is 3.65. The molecular weight excluding hydrogens is 671 g/mol. The van der Waals surface area contributed by atoms with Crippen LogP contribution in [0.1, 0.15) is 0 Å². The zero-order valence-corrected chi connectivity index (χ0v) is 30.1. The van der Waals surface area contributed by atoms with Crippen LogP contribution in [0.2, 0.25) is 0 Å². The molecule has 4 heteroatoms. The van der Waals surface area contributed by atoms with E-state index in [1.165, 1.54) is 54.6 Å². The molecule has 0 atom stereocenters. The van der Waals surface area contributed by atoms with E-state index in [1.807, 2.05) is 37.4 Å². The lowest BCUT2D eigenvalue weighted by Crippen LogP contribution is -2.24. The maximum absolute atomic E-state index is 13.4. The number of fused-ring (bicyclic) bond motifs is 8. The first-order chi connectivity index (χ1) is 27.1. The number of aryl methyl sites for hydroxylation is 1. The molecule has 0 spiro atoms. The average molecular weight is 704 g/mol. The lowest BCUT2D eigenvalue weighted by Gasteiger charge is -2.18. The van der Waals surface area contributed by atoms with E-state index in [9.17, 15) is 4.79 Å². The summed E-state index contributed by atoms with van der Waals surface area (Å²) in [7, 11) is 1.82. The quantitative estimate of drug-likeness (QED) is 0.171. The van der Waals surface area contributed by atoms with Gasteiger partial charge in [-0.2, -0.15) is 0 Å². The second-order valence-electron chi connectivity index (χ2n) is 14.4. The highest BCUT2D eigenvalue weighted by Crippen LogP contribution is 2.44. The van der Waals surface area contributed by atoms with Gasteiger partial charge < -0.3 is 0 Å². The molecule has 4 nitrogen and oxygen atoms in total. The van der Waals surface area contributed by atoms with Crippen molar-refractivity contribution in [3.63, 3.8) is 0 Å². The van der Waals surface area contributed by atoms with Gasteiger partial charge in [-0.3, -0.25) is 4.57 Å². The molecule has 0 bridgehead atoms. The summed E-state index contributed by atoms with van der Waals surface area (Å²) >= 11 is 0. The van der Waals surface area contributed by atoms with Crippen molar-refractivity contribution < 1.29 is 0 Å². The number of hydrogen-bond acceptors (Lipinski definition) is 2. The van der Waals surface area contributed by atoms with Crippen LogP contribution in [0.15, 0.2) is 187 Å². The van der Waals surface area contributed by atoms with Gasteiger partial charge in [0.1, 0.15) is 0 Å². The second kappa shape index (κ2) is 12.1. The normalized spacial score (nSPS) is 11.8. The third kappa shape index (κ3) is 4.85. The van der Waals surface area contributed by atoms with Gasteiger partial charge in [0.2, 0.25) is 0 Å². The topological polar surface area (TPSA) is 39.3 Å². The summed E-state index contributed by atoms with van der Waals surface area (Å²) in [5, 5.41) is 8.44. The van der Waals surface area contributed by atoms with Crippen molar-refractivity contribution in [2.45, 2.75) is 0 Å². The van der Waals surface area contributed by atoms with Gasteiger partial charge in [0, 0.05) is 12.4 Å². The van der Waals surface area contributed by atoms with Crippen LogP contribution >= 0.6 is 0 Å². The molecule has 0 saturated heterocycles. The minimum atomic E-state index is -0.0984. The van der Waals surface area contributed by atoms with Crippen molar-refractivity contribution in [2.24, 2.45) is 7.05 Å². The van der Waals surface area contributed by atoms with Crippen molar-refractivity contribution in [3.05, 3.63) is 192 Å². The molecule has 0 fully saturated rings. The predicted molar refractivity (Wildman–Crippen MR) is 230 cm³/mol. The fraction of sp³-hybridized carbons (Fsp3) is 0.0196. The van der Waals surface area contributed by atoms with Crippen molar-refractivity contribution in [1.29, 1.82) is 0 Å². The van der Waals surface area contributed by atoms with Crippen LogP contribution in [0, 0.1) is 0 Å². The molecule has 11 aromatic rings. The standard InChI is InChI=1S/C51H33N3O/c1-53-46-29-28-38(31-44(46)50-52-45-16-8-9-17-47(45)54(50)51(53)55)35-20-18-33(19-21-35)34-22-25-36(26-23-34)48-40-12-4-6-14-42(40)49(43-15-7-5-13-41(43)48)39-27-24-32-10-2-3-11-37(32)30-39/h2-31H,1H3. The lowest BCUT2D eigenvalue weighted by atomic mass is 9.85. The monoisotopic (exact) mass is 703 g/mol. The van der Waals surface area contributed by atoms with Crippen LogP contribution in [0.25, 0.3) is 104 Å². The Morgan fingerprint density at radius 3 is 1.55 bits per heavy atom. The van der Waals surface area contributed by atoms with Gasteiger partial charge in [-0.25, -0.2) is 14.2 Å². The maximum atomic E-state index is 13.4. The fourth-order valence-corrected chi connectivity index (χ4v) is 8.62. The lowest BCUT2D eigenvalue weighted by molar-refractivity contribution is 0.836. The number of nitrogens with zero attached hydrogens (tertiary/aromatic N) is 3. The first-order valence-corrected chi connectivity index (χ1v) is 18.6. The highest BCUT2D eigenvalue weighted by atomic mass is 16.1. The van der Waals surface area contributed by atoms with Gasteiger partial charge >= 0.3 is 5.69 Å². The molecule has 0 aliphatic heterocycles. The van der Waals surface area contributed by atoms with Gasteiger partial charge in [-0.1, -0.05) is 152 Å². The molecule has 11 rings (SSSR count). The summed E-state index contributed by atoms with van der Waals surface area (Å²) in [6, 6.07) is 64.9. The van der Waals surface area contributed by atoms with Gasteiger partial charge in [0.15, 0.2) is 5.65 Å². The highest BCUT2D eigenvalue weighted by molar-refractivity contribution is 6.21. The Hall–Kier alpha value is -7.30. The van der Waals surface area contributed by atoms with E-state index in [0.717, 1.165) is 44.2 Å². The zero-order valence-electron chi connectivity index (χ0n) is 30.1. The molecule has 258 valence electrons. The van der Waals surface area contributed by atoms with E-state index in [1.54, 1.807) is 8.97 Å². The summed E-state index contributed by atoms with van der Waals surface area (Å²) in [5.41, 5.74) is 12.5. The molecule has 0 saturated carbocycles. The Kier molecular flexibility index (Phi) is 6.89. The predicted octanol–water partition coefficient (Wildman–Crippen LogP) is 12.5. The third-order valence-electron chi connectivity index (χ3n) is 11.3. The Balaban J connectivity index is 0.975. The number of benzene rings is 9. The van der Waals surface area contributed by atoms with Crippen molar-refractivity contribution in [1.82, 2.24) is 14.0 Å². The van der Waals surface area contributed by atoms with Crippen molar-refractivity contribution in [3.8, 4) is 44.5 Å². The molecule has 0 unspecified atom stereocenters. The van der Waals surface area contributed by atoms with Crippen molar-refractivity contribution >= 4 is 59.9 Å². The largest absolute Gasteiger partial charge is 0.334 e.